The van der Waals surface area contributed by atoms with Crippen molar-refractivity contribution >= 4 is 51.3 Å². The number of ether oxygens (including phenoxy) is 6. The number of aromatic nitrogens is 6. The van der Waals surface area contributed by atoms with E-state index in [-0.39, 0.29) is 85.1 Å². The number of nitriles is 1. The first-order chi connectivity index (χ1) is 52.4. The molecule has 4 aliphatic rings. The number of hydrogen-bond acceptors (Lipinski definition) is 21. The topological polar surface area (TPSA) is 319 Å². The Morgan fingerprint density at radius 3 is 1.86 bits per heavy atom. The lowest BCUT2D eigenvalue weighted by atomic mass is 9.77. The van der Waals surface area contributed by atoms with E-state index in [9.17, 15) is 34.0 Å². The third-order valence-electron chi connectivity index (χ3n) is 19.4. The smallest absolute Gasteiger partial charge is 0.497 e. The van der Waals surface area contributed by atoms with Gasteiger partial charge in [0.2, 0.25) is 0 Å². The molecule has 11 atom stereocenters. The Morgan fingerprint density at radius 1 is 0.716 bits per heavy atom. The molecule has 4 unspecified atom stereocenters. The molecule has 1 aliphatic carbocycles. The lowest BCUT2D eigenvalue weighted by Crippen LogP contribution is -2.38. The molecule has 3 aromatic heterocycles. The number of halogens is 2. The maximum Gasteiger partial charge on any atom is 0.530 e. The highest BCUT2D eigenvalue weighted by atomic mass is 35.5. The highest BCUT2D eigenvalue weighted by molar-refractivity contribution is 7.49. The first kappa shape index (κ1) is 79.6. The Hall–Kier alpha value is -8.94. The van der Waals surface area contributed by atoms with Crippen LogP contribution in [-0.2, 0) is 47.2 Å². The van der Waals surface area contributed by atoms with Crippen molar-refractivity contribution in [2.45, 2.75) is 147 Å². The average Bonchev–Trinajstić information content (AvgIpc) is 1.72. The predicted molar refractivity (Wildman–Crippen MR) is 407 cm³/mol. The van der Waals surface area contributed by atoms with Crippen LogP contribution in [0.1, 0.15) is 124 Å². The molecule has 109 heavy (non-hydrogen) atoms. The summed E-state index contributed by atoms with van der Waals surface area (Å²) in [6, 6.07) is 42.7. The number of hydrogen-bond donors (Lipinski definition) is 3. The molecule has 0 spiro atoms. The minimum atomic E-state index is -5.21. The molecule has 3 saturated heterocycles. The number of carbonyl (C=O) groups is 1. The van der Waals surface area contributed by atoms with Crippen molar-refractivity contribution in [3.63, 3.8) is 0 Å². The van der Waals surface area contributed by atoms with E-state index in [1.807, 2.05) is 118 Å². The van der Waals surface area contributed by atoms with Gasteiger partial charge < -0.3 is 47.3 Å². The van der Waals surface area contributed by atoms with Gasteiger partial charge in [-0.2, -0.15) is 10.2 Å². The van der Waals surface area contributed by atoms with Gasteiger partial charge >= 0.3 is 24.9 Å². The molecule has 1 amide bonds. The third kappa shape index (κ3) is 17.8. The van der Waals surface area contributed by atoms with Crippen molar-refractivity contribution in [2.24, 2.45) is 5.92 Å². The van der Waals surface area contributed by atoms with Gasteiger partial charge in [-0.3, -0.25) is 47.1 Å². The van der Waals surface area contributed by atoms with E-state index in [1.165, 1.54) is 64.3 Å². The summed E-state index contributed by atoms with van der Waals surface area (Å²) >= 11 is 14.2. The standard InChI is InChI=1S/C78H84Cl2N9O18P2/c1-46(2)89(47(3)4)108(100-38-18-36-81)105-62-40-68(87-42-48(5)72(90)84-76(87)94)103-65(62)45-101-109(96,106-61-24-17-16-23-60(61)80)107-63-41-69(88-43-49(6)73(91)85-77(88)95)104-71(63)70-50(7)59(79)34-33-57(70)58-39-67(86-37-35-66(83-75(86)93)82-74(92)51-19-12-10-13-20-51)102-64(58)44-99-78(52-21-14-11-15-22-52,53-25-29-55(97-8)30-26-53)54-27-31-56(98-9)32-28-54/h10-17,19-32,34-35,37,42-43,46-47,58,62-65,67-69,71H,18,33,38-41,44-45H2,1-9H3,(H,84,90,94)(H,85,91,95)(H,82,83,92,93)/t58-,62?,63-,64-,65+,67+,68?,69+,71-,108?,109?/m0/s1. The Balaban J connectivity index is 0.985. The number of benzene rings is 5. The number of H-pyrrole nitrogens is 2. The van der Waals surface area contributed by atoms with Gasteiger partial charge in [-0.15, -0.1) is 0 Å². The van der Waals surface area contributed by atoms with Crippen LogP contribution in [0.4, 0.5) is 5.82 Å². The number of aryl methyl sites for hydroxylation is 2. The average molecular weight is 1570 g/mol. The predicted octanol–water partition coefficient (Wildman–Crippen LogP) is 13.0. The number of amides is 1. The molecule has 1 radical (unpaired) electrons. The quantitative estimate of drug-likeness (QED) is 0.0214. The Bertz CT molecular complexity index is 5000. The molecule has 573 valence electrons. The zero-order chi connectivity index (χ0) is 77.4. The van der Waals surface area contributed by atoms with E-state index in [1.54, 1.807) is 63.6 Å². The molecule has 3 N–H and O–H groups in total. The fourth-order valence-corrected chi connectivity index (χ4v) is 17.7. The maximum absolute atomic E-state index is 16.6. The molecule has 27 nitrogen and oxygen atoms in total. The summed E-state index contributed by atoms with van der Waals surface area (Å²) in [6.07, 6.45) is -3.50. The molecular weight excluding hydrogens is 1480 g/mol. The van der Waals surface area contributed by atoms with Gasteiger partial charge in [0.15, 0.2) is 0 Å². The first-order valence-corrected chi connectivity index (χ1v) is 38.8. The molecular formula is C78H84Cl2N9O18P2. The molecule has 31 heteroatoms. The summed E-state index contributed by atoms with van der Waals surface area (Å²) in [5, 5.41) is 12.7. The summed E-state index contributed by atoms with van der Waals surface area (Å²) in [5.74, 6) is -0.180. The summed E-state index contributed by atoms with van der Waals surface area (Å²) < 4.78 is 95.6. The number of allylic oxidation sites excluding steroid dienone is 1. The van der Waals surface area contributed by atoms with E-state index in [0.29, 0.717) is 49.9 Å². The van der Waals surface area contributed by atoms with Crippen LogP contribution in [0.25, 0.3) is 0 Å². The first-order valence-electron chi connectivity index (χ1n) is 35.5. The molecule has 3 aliphatic heterocycles. The van der Waals surface area contributed by atoms with Gasteiger partial charge in [-0.05, 0) is 137 Å². The highest BCUT2D eigenvalue weighted by Crippen LogP contribution is 2.58. The summed E-state index contributed by atoms with van der Waals surface area (Å²) in [4.78, 5) is 90.8. The molecule has 0 saturated carbocycles. The molecule has 12 rings (SSSR count). The van der Waals surface area contributed by atoms with Crippen LogP contribution < -0.4 is 47.5 Å². The van der Waals surface area contributed by atoms with Gasteiger partial charge in [0.1, 0.15) is 65.7 Å². The number of para-hydroxylation sites is 1. The molecule has 6 heterocycles. The second kappa shape index (κ2) is 35.0. The zero-order valence-corrected chi connectivity index (χ0v) is 64.6. The molecule has 8 aromatic rings. The Morgan fingerprint density at radius 2 is 1.28 bits per heavy atom. The molecule has 3 fully saturated rings. The SMILES string of the molecule is COc1ccc(C(OC[C@@H]2O[C@@H](n3ccc(NC(=O)c4ccccc4)nc3=O)C[C@H]2C2=C([C@H]3O[C@@H](n4cc(C)c(=O)[nH]c4=O)C[C@@H]3OP(=O)(OC[C@H]3OC(n4cc(C)c(=O)[nH]c4=O)CC3OP(OCCC#N)N(C(C)C)C(C)C)Oc3ccccc3Cl)C(C)=C(Cl)[CH]C2)(c2ccccc2)c2ccc(OC)cc2)cc1. The number of anilines is 1. The number of phosphoric acid groups is 1. The van der Waals surface area contributed by atoms with Gasteiger partial charge in [-0.25, -0.2) is 23.6 Å². The van der Waals surface area contributed by atoms with E-state index in [4.69, 9.17) is 74.2 Å². The van der Waals surface area contributed by atoms with E-state index in [0.717, 1.165) is 5.56 Å². The third-order valence-corrected chi connectivity index (χ3v) is 23.7. The van der Waals surface area contributed by atoms with Crippen molar-refractivity contribution in [3.05, 3.63) is 277 Å². The number of methoxy groups -OCH3 is 2. The van der Waals surface area contributed by atoms with Gasteiger partial charge in [-0.1, -0.05) is 114 Å². The van der Waals surface area contributed by atoms with Crippen LogP contribution >= 0.6 is 39.6 Å². The van der Waals surface area contributed by atoms with Crippen LogP contribution in [0, 0.1) is 37.5 Å². The number of phosphoric ester groups is 1. The fourth-order valence-electron chi connectivity index (χ4n) is 14.1. The lowest BCUT2D eigenvalue weighted by molar-refractivity contribution is -0.0828. The van der Waals surface area contributed by atoms with E-state index >= 15 is 4.57 Å². The van der Waals surface area contributed by atoms with Crippen LogP contribution in [-0.4, -0.2) is 116 Å². The van der Waals surface area contributed by atoms with Crippen LogP contribution in [0.5, 0.6) is 17.2 Å². The molecule has 5 aromatic carbocycles. The fraction of sp³-hybridized carbons (Fsp3) is 0.372. The number of nitrogens with one attached hydrogen (secondary N) is 3. The van der Waals surface area contributed by atoms with Crippen molar-refractivity contribution < 1.29 is 60.4 Å². The number of nitrogens with zero attached hydrogens (tertiary/aromatic N) is 6. The summed E-state index contributed by atoms with van der Waals surface area (Å²) in [6.45, 7) is 11.9. The van der Waals surface area contributed by atoms with E-state index < -0.39 is 118 Å². The minimum Gasteiger partial charge on any atom is -0.497 e. The largest absolute Gasteiger partial charge is 0.530 e. The molecule has 0 bridgehead atoms. The Labute approximate surface area is 639 Å². The normalized spacial score (nSPS) is 21.8. The monoisotopic (exact) mass is 1570 g/mol. The van der Waals surface area contributed by atoms with Crippen molar-refractivity contribution in [1.82, 2.24) is 33.3 Å². The van der Waals surface area contributed by atoms with Crippen LogP contribution in [0.15, 0.2) is 204 Å². The van der Waals surface area contributed by atoms with Crippen LogP contribution in [0.2, 0.25) is 5.02 Å². The lowest BCUT2D eigenvalue weighted by Gasteiger charge is -2.38. The van der Waals surface area contributed by atoms with Gasteiger partial charge in [0.25, 0.3) is 25.6 Å². The van der Waals surface area contributed by atoms with Gasteiger partial charge in [0.05, 0.1) is 63.8 Å². The minimum absolute atomic E-state index is 0.00610. The summed E-state index contributed by atoms with van der Waals surface area (Å²) in [5.41, 5.74) is -0.616. The summed E-state index contributed by atoms with van der Waals surface area (Å²) in [7, 11) is -4.04. The number of aromatic amines is 2. The highest BCUT2D eigenvalue weighted by Gasteiger charge is 2.52. The second-order valence-corrected chi connectivity index (χ2v) is 30.9. The maximum atomic E-state index is 16.6. The van der Waals surface area contributed by atoms with Crippen LogP contribution in [0.3, 0.4) is 0 Å². The number of rotatable bonds is 30. The Kier molecular flexibility index (Phi) is 25.5. The van der Waals surface area contributed by atoms with Crippen molar-refractivity contribution in [3.8, 4) is 23.3 Å². The van der Waals surface area contributed by atoms with Gasteiger partial charge in [0, 0.05) is 84.0 Å². The zero-order valence-electron chi connectivity index (χ0n) is 61.3. The second-order valence-electron chi connectivity index (χ2n) is 27.1. The van der Waals surface area contributed by atoms with Crippen molar-refractivity contribution in [1.29, 1.82) is 5.26 Å². The van der Waals surface area contributed by atoms with E-state index in [2.05, 4.69) is 26.3 Å². The number of carbonyl (C=O) groups excluding carboxylic acids is 1. The van der Waals surface area contributed by atoms with Crippen molar-refractivity contribution in [2.75, 3.05) is 39.4 Å².